The minimum atomic E-state index is -0.526. The van der Waals surface area contributed by atoms with Gasteiger partial charge in [-0.1, -0.05) is 5.16 Å². The molecule has 1 atom stereocenters. The summed E-state index contributed by atoms with van der Waals surface area (Å²) in [7, 11) is 0. The van der Waals surface area contributed by atoms with Crippen LogP contribution in [0.15, 0.2) is 4.52 Å². The molecule has 0 spiro atoms. The molecule has 0 bridgehead atoms. The zero-order chi connectivity index (χ0) is 10.8. The van der Waals surface area contributed by atoms with E-state index in [1.807, 2.05) is 20.8 Å². The molecule has 0 fully saturated rings. The number of ether oxygens (including phenoxy) is 1. The zero-order valence-corrected chi connectivity index (χ0v) is 9.63. The maximum Gasteiger partial charge on any atom is 0.244 e. The first kappa shape index (κ1) is 11.5. The summed E-state index contributed by atoms with van der Waals surface area (Å²) in [5.41, 5.74) is -0.526. The van der Waals surface area contributed by atoms with Gasteiger partial charge in [0.1, 0.15) is 11.0 Å². The van der Waals surface area contributed by atoms with E-state index in [-0.39, 0.29) is 5.38 Å². The third kappa shape index (κ3) is 2.45. The van der Waals surface area contributed by atoms with Gasteiger partial charge in [-0.3, -0.25) is 0 Å². The van der Waals surface area contributed by atoms with E-state index in [2.05, 4.69) is 10.1 Å². The Hall–Kier alpha value is -0.610. The maximum absolute atomic E-state index is 5.81. The van der Waals surface area contributed by atoms with E-state index < -0.39 is 5.60 Å². The van der Waals surface area contributed by atoms with Gasteiger partial charge in [-0.2, -0.15) is 4.98 Å². The molecule has 80 valence electrons. The molecular weight excluding hydrogens is 204 g/mol. The van der Waals surface area contributed by atoms with Crippen LogP contribution in [0.2, 0.25) is 0 Å². The number of hydrogen-bond acceptors (Lipinski definition) is 4. The largest absolute Gasteiger partial charge is 0.368 e. The maximum atomic E-state index is 5.81. The van der Waals surface area contributed by atoms with Crippen LogP contribution in [0.5, 0.6) is 0 Å². The highest BCUT2D eigenvalue weighted by atomic mass is 35.5. The third-order valence-corrected chi connectivity index (χ3v) is 2.01. The summed E-state index contributed by atoms with van der Waals surface area (Å²) in [5, 5.41) is 3.56. The second kappa shape index (κ2) is 4.28. The van der Waals surface area contributed by atoms with Crippen LogP contribution in [-0.4, -0.2) is 16.7 Å². The van der Waals surface area contributed by atoms with Gasteiger partial charge in [0.05, 0.1) is 0 Å². The number of hydrogen-bond donors (Lipinski definition) is 0. The molecule has 0 amide bonds. The minimum Gasteiger partial charge on any atom is -0.368 e. The monoisotopic (exact) mass is 218 g/mol. The molecule has 1 aromatic rings. The lowest BCUT2D eigenvalue weighted by Crippen LogP contribution is -2.23. The fourth-order valence-electron chi connectivity index (χ4n) is 1.07. The van der Waals surface area contributed by atoms with E-state index in [0.717, 1.165) is 0 Å². The number of nitrogens with zero attached hydrogens (tertiary/aromatic N) is 2. The number of aromatic nitrogens is 2. The summed E-state index contributed by atoms with van der Waals surface area (Å²) in [4.78, 5) is 4.17. The first-order valence-corrected chi connectivity index (χ1v) is 5.03. The SMILES string of the molecule is CCOC(C)(C)c1noc(C(C)Cl)n1. The summed E-state index contributed by atoms with van der Waals surface area (Å²) in [6.07, 6.45) is 0. The average Bonchev–Trinajstić information content (AvgIpc) is 2.51. The van der Waals surface area contributed by atoms with E-state index in [1.54, 1.807) is 6.92 Å². The standard InChI is InChI=1S/C9H15ClN2O2/c1-5-13-9(3,4)8-11-7(6(2)10)14-12-8/h6H,5H2,1-4H3. The Morgan fingerprint density at radius 1 is 1.57 bits per heavy atom. The van der Waals surface area contributed by atoms with Gasteiger partial charge in [-0.25, -0.2) is 0 Å². The van der Waals surface area contributed by atoms with Crippen LogP contribution in [0.4, 0.5) is 0 Å². The summed E-state index contributed by atoms with van der Waals surface area (Å²) in [6, 6.07) is 0. The van der Waals surface area contributed by atoms with Crippen molar-refractivity contribution in [2.24, 2.45) is 0 Å². The summed E-state index contributed by atoms with van der Waals surface area (Å²) < 4.78 is 10.5. The van der Waals surface area contributed by atoms with Crippen molar-refractivity contribution in [2.75, 3.05) is 6.61 Å². The molecule has 0 saturated carbocycles. The van der Waals surface area contributed by atoms with Crippen molar-refractivity contribution in [3.05, 3.63) is 11.7 Å². The van der Waals surface area contributed by atoms with E-state index in [9.17, 15) is 0 Å². The van der Waals surface area contributed by atoms with Crippen molar-refractivity contribution in [3.8, 4) is 0 Å². The molecule has 14 heavy (non-hydrogen) atoms. The molecule has 0 saturated heterocycles. The van der Waals surface area contributed by atoms with Crippen LogP contribution in [0.1, 0.15) is 44.8 Å². The fourth-order valence-corrected chi connectivity index (χ4v) is 1.16. The molecule has 0 aliphatic carbocycles. The molecule has 1 unspecified atom stereocenters. The van der Waals surface area contributed by atoms with Crippen molar-refractivity contribution in [1.29, 1.82) is 0 Å². The Morgan fingerprint density at radius 3 is 2.64 bits per heavy atom. The zero-order valence-electron chi connectivity index (χ0n) is 8.87. The van der Waals surface area contributed by atoms with Crippen LogP contribution in [-0.2, 0) is 10.3 Å². The summed E-state index contributed by atoms with van der Waals surface area (Å²) in [5.74, 6) is 0.955. The lowest BCUT2D eigenvalue weighted by molar-refractivity contribution is -0.0221. The fraction of sp³-hybridized carbons (Fsp3) is 0.778. The molecule has 0 aliphatic rings. The highest BCUT2D eigenvalue weighted by Gasteiger charge is 2.27. The lowest BCUT2D eigenvalue weighted by atomic mass is 10.1. The number of alkyl halides is 1. The second-order valence-corrected chi connectivity index (χ2v) is 4.17. The van der Waals surface area contributed by atoms with Gasteiger partial charge in [0, 0.05) is 6.61 Å². The molecule has 1 aromatic heterocycles. The van der Waals surface area contributed by atoms with Crippen LogP contribution >= 0.6 is 11.6 Å². The molecule has 0 aromatic carbocycles. The highest BCUT2D eigenvalue weighted by Crippen LogP contribution is 2.24. The van der Waals surface area contributed by atoms with Gasteiger partial charge in [0.25, 0.3) is 0 Å². The van der Waals surface area contributed by atoms with Gasteiger partial charge in [0.15, 0.2) is 0 Å². The number of rotatable bonds is 4. The molecule has 1 rings (SSSR count). The van der Waals surface area contributed by atoms with Crippen LogP contribution in [0.25, 0.3) is 0 Å². The van der Waals surface area contributed by atoms with Crippen molar-refractivity contribution < 1.29 is 9.26 Å². The first-order valence-electron chi connectivity index (χ1n) is 4.59. The van der Waals surface area contributed by atoms with Gasteiger partial charge in [0.2, 0.25) is 11.7 Å². The van der Waals surface area contributed by atoms with Gasteiger partial charge >= 0.3 is 0 Å². The third-order valence-electron chi connectivity index (χ3n) is 1.83. The quantitative estimate of drug-likeness (QED) is 0.729. The van der Waals surface area contributed by atoms with E-state index in [0.29, 0.717) is 18.3 Å². The molecule has 0 N–H and O–H groups in total. The first-order chi connectivity index (χ1) is 6.47. The van der Waals surface area contributed by atoms with Gasteiger partial charge < -0.3 is 9.26 Å². The smallest absolute Gasteiger partial charge is 0.244 e. The predicted octanol–water partition coefficient (Wildman–Crippen LogP) is 2.64. The lowest BCUT2D eigenvalue weighted by Gasteiger charge is -2.19. The minimum absolute atomic E-state index is 0.270. The van der Waals surface area contributed by atoms with Crippen LogP contribution in [0, 0.1) is 0 Å². The summed E-state index contributed by atoms with van der Waals surface area (Å²) in [6.45, 7) is 8.10. The Morgan fingerprint density at radius 2 is 2.21 bits per heavy atom. The van der Waals surface area contributed by atoms with Crippen molar-refractivity contribution in [3.63, 3.8) is 0 Å². The molecule has 0 aliphatic heterocycles. The Labute approximate surface area is 88.6 Å². The van der Waals surface area contributed by atoms with Gasteiger partial charge in [-0.05, 0) is 27.7 Å². The normalized spacial score (nSPS) is 14.4. The van der Waals surface area contributed by atoms with Crippen molar-refractivity contribution in [1.82, 2.24) is 10.1 Å². The van der Waals surface area contributed by atoms with E-state index >= 15 is 0 Å². The van der Waals surface area contributed by atoms with E-state index in [4.69, 9.17) is 20.9 Å². The topological polar surface area (TPSA) is 48.2 Å². The van der Waals surface area contributed by atoms with Crippen molar-refractivity contribution in [2.45, 2.75) is 38.7 Å². The molecule has 0 radical (unpaired) electrons. The summed E-state index contributed by atoms with van der Waals surface area (Å²) >= 11 is 5.81. The Kier molecular flexibility index (Phi) is 3.50. The molecular formula is C9H15ClN2O2. The second-order valence-electron chi connectivity index (χ2n) is 3.52. The Balaban J connectivity index is 2.85. The number of halogens is 1. The average molecular weight is 219 g/mol. The van der Waals surface area contributed by atoms with E-state index in [1.165, 1.54) is 0 Å². The molecule has 1 heterocycles. The van der Waals surface area contributed by atoms with Crippen LogP contribution < -0.4 is 0 Å². The molecule has 4 nitrogen and oxygen atoms in total. The Bertz CT molecular complexity index is 297. The van der Waals surface area contributed by atoms with Crippen molar-refractivity contribution >= 4 is 11.6 Å². The molecule has 5 heteroatoms. The predicted molar refractivity (Wildman–Crippen MR) is 53.2 cm³/mol. The highest BCUT2D eigenvalue weighted by molar-refractivity contribution is 6.20. The van der Waals surface area contributed by atoms with Gasteiger partial charge in [-0.15, -0.1) is 11.6 Å². The van der Waals surface area contributed by atoms with Crippen LogP contribution in [0.3, 0.4) is 0 Å².